The topological polar surface area (TPSA) is 32.3 Å². The molecular formula is C17H18BrIN2O. The zero-order valence-corrected chi connectivity index (χ0v) is 16.3. The first kappa shape index (κ1) is 17.4. The second kappa shape index (κ2) is 8.08. The van der Waals surface area contributed by atoms with Crippen LogP contribution in [0, 0.1) is 3.57 Å². The van der Waals surface area contributed by atoms with Gasteiger partial charge in [-0.25, -0.2) is 0 Å². The van der Waals surface area contributed by atoms with Crippen molar-refractivity contribution in [3.05, 3.63) is 61.6 Å². The Balaban J connectivity index is 2.04. The lowest BCUT2D eigenvalue weighted by Crippen LogP contribution is -2.15. The highest BCUT2D eigenvalue weighted by molar-refractivity contribution is 14.1. The fraction of sp³-hybridized carbons (Fsp3) is 0.235. The number of likely N-dealkylation sites (N-methyl/N-ethyl adjacent to an activating group) is 1. The third-order valence-electron chi connectivity index (χ3n) is 3.23. The van der Waals surface area contributed by atoms with Crippen molar-refractivity contribution in [2.24, 2.45) is 0 Å². The number of anilines is 1. The van der Waals surface area contributed by atoms with Crippen LogP contribution in [0.4, 0.5) is 5.69 Å². The number of halogens is 2. The largest absolute Gasteiger partial charge is 0.322 e. The summed E-state index contributed by atoms with van der Waals surface area (Å²) in [4.78, 5) is 14.5. The summed E-state index contributed by atoms with van der Waals surface area (Å²) in [5.74, 6) is -0.0910. The van der Waals surface area contributed by atoms with Crippen molar-refractivity contribution >= 4 is 50.1 Å². The summed E-state index contributed by atoms with van der Waals surface area (Å²) in [5, 5.41) is 2.94. The molecule has 2 aromatic rings. The van der Waals surface area contributed by atoms with Gasteiger partial charge in [-0.2, -0.15) is 0 Å². The Morgan fingerprint density at radius 1 is 1.18 bits per heavy atom. The van der Waals surface area contributed by atoms with Crippen LogP contribution in [0.25, 0.3) is 0 Å². The molecule has 0 bridgehead atoms. The predicted molar refractivity (Wildman–Crippen MR) is 104 cm³/mol. The van der Waals surface area contributed by atoms with Crippen LogP contribution in [0.1, 0.15) is 15.9 Å². The number of hydrogen-bond acceptors (Lipinski definition) is 2. The van der Waals surface area contributed by atoms with E-state index in [0.717, 1.165) is 26.7 Å². The third-order valence-corrected chi connectivity index (χ3v) is 4.67. The number of rotatable bonds is 5. The molecule has 0 aliphatic rings. The summed E-state index contributed by atoms with van der Waals surface area (Å²) >= 11 is 5.57. The first-order chi connectivity index (χ1) is 10.5. The van der Waals surface area contributed by atoms with E-state index in [4.69, 9.17) is 0 Å². The molecule has 0 aromatic heterocycles. The molecule has 5 heteroatoms. The van der Waals surface area contributed by atoms with Gasteiger partial charge in [-0.05, 0) is 79.0 Å². The molecule has 1 N–H and O–H groups in total. The van der Waals surface area contributed by atoms with Crippen molar-refractivity contribution in [3.63, 3.8) is 0 Å². The normalized spacial score (nSPS) is 10.8. The second-order valence-electron chi connectivity index (χ2n) is 5.33. The molecule has 0 fully saturated rings. The van der Waals surface area contributed by atoms with Gasteiger partial charge in [0.05, 0.1) is 5.56 Å². The van der Waals surface area contributed by atoms with E-state index < -0.39 is 0 Å². The van der Waals surface area contributed by atoms with Crippen LogP contribution in [-0.4, -0.2) is 31.4 Å². The molecule has 0 aliphatic carbocycles. The van der Waals surface area contributed by atoms with Gasteiger partial charge in [0.15, 0.2) is 0 Å². The van der Waals surface area contributed by atoms with Gasteiger partial charge < -0.3 is 10.2 Å². The summed E-state index contributed by atoms with van der Waals surface area (Å²) in [6, 6.07) is 13.7. The van der Waals surface area contributed by atoms with E-state index in [0.29, 0.717) is 5.56 Å². The number of benzene rings is 2. The highest BCUT2D eigenvalue weighted by atomic mass is 127. The van der Waals surface area contributed by atoms with E-state index in [-0.39, 0.29) is 5.91 Å². The summed E-state index contributed by atoms with van der Waals surface area (Å²) in [5.41, 5.74) is 2.75. The lowest BCUT2D eigenvalue weighted by Gasteiger charge is -2.10. The van der Waals surface area contributed by atoms with Crippen molar-refractivity contribution in [3.8, 4) is 0 Å². The molecule has 2 aromatic carbocycles. The monoisotopic (exact) mass is 472 g/mol. The van der Waals surface area contributed by atoms with Gasteiger partial charge >= 0.3 is 0 Å². The van der Waals surface area contributed by atoms with Crippen molar-refractivity contribution in [1.82, 2.24) is 4.90 Å². The van der Waals surface area contributed by atoms with Crippen LogP contribution in [0.2, 0.25) is 0 Å². The smallest absolute Gasteiger partial charge is 0.256 e. The van der Waals surface area contributed by atoms with Gasteiger partial charge in [0.1, 0.15) is 0 Å². The molecule has 0 atom stereocenters. The average molecular weight is 473 g/mol. The van der Waals surface area contributed by atoms with Gasteiger partial charge in [0, 0.05) is 20.3 Å². The Morgan fingerprint density at radius 2 is 1.86 bits per heavy atom. The molecule has 0 aliphatic heterocycles. The van der Waals surface area contributed by atoms with Gasteiger partial charge in [0.25, 0.3) is 5.91 Å². The molecule has 0 radical (unpaired) electrons. The highest BCUT2D eigenvalue weighted by Gasteiger charge is 2.10. The summed E-state index contributed by atoms with van der Waals surface area (Å²) in [6.45, 7) is 1.02. The van der Waals surface area contributed by atoms with Gasteiger partial charge in [0.2, 0.25) is 0 Å². The minimum absolute atomic E-state index is 0.0910. The van der Waals surface area contributed by atoms with Crippen LogP contribution < -0.4 is 5.32 Å². The van der Waals surface area contributed by atoms with Crippen LogP contribution in [0.15, 0.2) is 46.9 Å². The van der Waals surface area contributed by atoms with Crippen molar-refractivity contribution < 1.29 is 4.79 Å². The minimum Gasteiger partial charge on any atom is -0.322 e. The Labute approximate surface area is 153 Å². The molecule has 1 amide bonds. The zero-order valence-electron chi connectivity index (χ0n) is 12.6. The summed E-state index contributed by atoms with van der Waals surface area (Å²) in [6.07, 6.45) is 1.00. The van der Waals surface area contributed by atoms with Crippen LogP contribution in [0.5, 0.6) is 0 Å². The summed E-state index contributed by atoms with van der Waals surface area (Å²) < 4.78 is 1.83. The van der Waals surface area contributed by atoms with Gasteiger partial charge in [-0.1, -0.05) is 28.1 Å². The maximum absolute atomic E-state index is 12.3. The number of carbonyl (C=O) groups is 1. The van der Waals surface area contributed by atoms with E-state index in [1.165, 1.54) is 5.56 Å². The van der Waals surface area contributed by atoms with Crippen LogP contribution in [0.3, 0.4) is 0 Å². The third kappa shape index (κ3) is 5.07. The lowest BCUT2D eigenvalue weighted by atomic mass is 10.1. The first-order valence-corrected chi connectivity index (χ1v) is 8.83. The maximum Gasteiger partial charge on any atom is 0.256 e. The highest BCUT2D eigenvalue weighted by Crippen LogP contribution is 2.20. The fourth-order valence-corrected chi connectivity index (χ4v) is 2.92. The molecule has 0 saturated carbocycles. The SMILES string of the molecule is CN(C)CCc1ccc(NC(=O)c2cc(Br)ccc2I)cc1. The standard InChI is InChI=1S/C17H18BrIN2O/c1-21(2)10-9-12-3-6-14(7-4-12)20-17(22)15-11-13(18)5-8-16(15)19/h3-8,11H,9-10H2,1-2H3,(H,20,22). The second-order valence-corrected chi connectivity index (χ2v) is 7.41. The molecule has 3 nitrogen and oxygen atoms in total. The van der Waals surface area contributed by atoms with E-state index in [1.54, 1.807) is 0 Å². The predicted octanol–water partition coefficient (Wildman–Crippen LogP) is 4.41. The fourth-order valence-electron chi connectivity index (χ4n) is 1.98. The molecule has 116 valence electrons. The minimum atomic E-state index is -0.0910. The number of carbonyl (C=O) groups excluding carboxylic acids is 1. The van der Waals surface area contributed by atoms with Gasteiger partial charge in [-0.3, -0.25) is 4.79 Å². The zero-order chi connectivity index (χ0) is 16.1. The van der Waals surface area contributed by atoms with Crippen LogP contribution >= 0.6 is 38.5 Å². The Bertz CT molecular complexity index is 656. The average Bonchev–Trinajstić information content (AvgIpc) is 2.49. The molecule has 0 heterocycles. The molecular weight excluding hydrogens is 455 g/mol. The van der Waals surface area contributed by atoms with Gasteiger partial charge in [-0.15, -0.1) is 0 Å². The number of amides is 1. The van der Waals surface area contributed by atoms with Crippen LogP contribution in [-0.2, 0) is 6.42 Å². The van der Waals surface area contributed by atoms with E-state index >= 15 is 0 Å². The molecule has 2 rings (SSSR count). The van der Waals surface area contributed by atoms with E-state index in [2.05, 4.69) is 75.0 Å². The Kier molecular flexibility index (Phi) is 6.40. The number of nitrogens with zero attached hydrogens (tertiary/aromatic N) is 1. The molecule has 0 unspecified atom stereocenters. The lowest BCUT2D eigenvalue weighted by molar-refractivity contribution is 0.102. The number of hydrogen-bond donors (Lipinski definition) is 1. The Hall–Kier alpha value is -0.920. The first-order valence-electron chi connectivity index (χ1n) is 6.96. The quantitative estimate of drug-likeness (QED) is 0.653. The van der Waals surface area contributed by atoms with Crippen molar-refractivity contribution in [2.75, 3.05) is 26.0 Å². The molecule has 0 spiro atoms. The Morgan fingerprint density at radius 3 is 2.50 bits per heavy atom. The van der Waals surface area contributed by atoms with Crippen molar-refractivity contribution in [2.45, 2.75) is 6.42 Å². The van der Waals surface area contributed by atoms with E-state index in [9.17, 15) is 4.79 Å². The molecule has 22 heavy (non-hydrogen) atoms. The number of nitrogens with one attached hydrogen (secondary N) is 1. The van der Waals surface area contributed by atoms with E-state index in [1.807, 2.05) is 30.3 Å². The van der Waals surface area contributed by atoms with Crippen molar-refractivity contribution in [1.29, 1.82) is 0 Å². The summed E-state index contributed by atoms with van der Waals surface area (Å²) in [7, 11) is 4.13. The maximum atomic E-state index is 12.3. The molecule has 0 saturated heterocycles.